The van der Waals surface area contributed by atoms with Crippen molar-refractivity contribution in [2.24, 2.45) is 11.8 Å². The van der Waals surface area contributed by atoms with E-state index in [1.54, 1.807) is 28.6 Å². The predicted molar refractivity (Wildman–Crippen MR) is 257 cm³/mol. The molecule has 6 unspecified atom stereocenters. The second-order valence-corrected chi connectivity index (χ2v) is 20.3. The number of alkyl carbamates (subject to hydrolysis) is 2. The quantitative estimate of drug-likeness (QED) is 0.0924. The average molecular weight is 974 g/mol. The number of thiophene rings is 1. The van der Waals surface area contributed by atoms with Gasteiger partial charge in [0.15, 0.2) is 0 Å². The Morgan fingerprint density at radius 3 is 2.33 bits per heavy atom. The molecule has 1 saturated carbocycles. The molecule has 70 heavy (non-hydrogen) atoms. The van der Waals surface area contributed by atoms with E-state index in [4.69, 9.17) is 19.2 Å². The number of fused-ring (bicyclic) bond motifs is 5. The minimum atomic E-state index is -0.750. The topological polar surface area (TPSA) is 198 Å². The summed E-state index contributed by atoms with van der Waals surface area (Å²) in [5.74, 6) is 1.41. The number of carbonyl (C=O) groups excluding carboxylic acids is 4. The van der Waals surface area contributed by atoms with Crippen LogP contribution in [0.2, 0.25) is 0 Å². The highest BCUT2D eigenvalue weighted by molar-refractivity contribution is 7.12. The second-order valence-electron chi connectivity index (χ2n) is 19.1. The van der Waals surface area contributed by atoms with Crippen LogP contribution in [0.3, 0.4) is 0 Å². The molecular weight excluding hydrogens is 918 g/mol. The monoisotopic (exact) mass is 973 g/mol. The zero-order chi connectivity index (χ0) is 48.2. The van der Waals surface area contributed by atoms with Crippen LogP contribution in [0.15, 0.2) is 60.9 Å². The number of hydrogen-bond donors (Lipinski definition) is 4. The van der Waals surface area contributed by atoms with Crippen LogP contribution in [0.25, 0.3) is 44.7 Å². The highest BCUT2D eigenvalue weighted by Gasteiger charge is 2.41. The number of nitrogens with one attached hydrogen (secondary N) is 4. The Hall–Kier alpha value is -6.73. The number of carbonyl (C=O) groups is 4. The van der Waals surface area contributed by atoms with Gasteiger partial charge in [0.05, 0.1) is 77.8 Å². The highest BCUT2D eigenvalue weighted by atomic mass is 32.1. The molecule has 0 bridgehead atoms. The third-order valence-electron chi connectivity index (χ3n) is 14.6. The Kier molecular flexibility index (Phi) is 12.3. The van der Waals surface area contributed by atoms with Crippen molar-refractivity contribution < 1.29 is 42.5 Å². The summed E-state index contributed by atoms with van der Waals surface area (Å²) in [7, 11) is 2.55. The fraction of sp³-hybridized carbons (Fsp3) is 0.451. The smallest absolute Gasteiger partial charge is 0.407 e. The van der Waals surface area contributed by atoms with E-state index in [9.17, 15) is 19.2 Å². The van der Waals surface area contributed by atoms with Gasteiger partial charge in [-0.05, 0) is 119 Å². The number of imidazole rings is 2. The molecule has 4 fully saturated rings. The number of nitrogens with zero attached hydrogens (tertiary/aromatic N) is 5. The predicted octanol–water partition coefficient (Wildman–Crippen LogP) is 8.40. The molecule has 1 aliphatic carbocycles. The Morgan fingerprint density at radius 1 is 0.871 bits per heavy atom. The third-order valence-corrected chi connectivity index (χ3v) is 15.7. The van der Waals surface area contributed by atoms with Gasteiger partial charge in [-0.3, -0.25) is 14.2 Å². The Bertz CT molecular complexity index is 2980. The van der Waals surface area contributed by atoms with Gasteiger partial charge in [0.2, 0.25) is 18.0 Å². The van der Waals surface area contributed by atoms with E-state index in [2.05, 4.69) is 53.1 Å². The molecular formula is C51H56FN9O8S. The molecule has 366 valence electrons. The number of methoxy groups -OCH3 is 2. The van der Waals surface area contributed by atoms with E-state index in [-0.39, 0.29) is 42.5 Å². The van der Waals surface area contributed by atoms with Gasteiger partial charge >= 0.3 is 12.2 Å². The summed E-state index contributed by atoms with van der Waals surface area (Å²) in [5, 5.41) is 6.19. The first-order chi connectivity index (χ1) is 34.0. The Labute approximate surface area is 407 Å². The number of aromatic amines is 2. The molecule has 17 nitrogen and oxygen atoms in total. The SMILES string of the molecule is COC(=O)NCC(=O)N1CCCC1c1ncc(-c2cc(F)c3c(c2)OC(c2ccc(CC4CC4)s2)n2c-3cc3cc(-c4cnc(C5CCCN5C(=O)C(NC(=O)OC)C5CCOC(C)C5)[nH]4)ccc32)[nH]1. The lowest BCUT2D eigenvalue weighted by Gasteiger charge is -2.36. The molecule has 4 aliphatic heterocycles. The number of H-pyrrole nitrogens is 2. The molecule has 6 aromatic rings. The number of likely N-dealkylation sites (tertiary alicyclic amines) is 2. The molecule has 3 saturated heterocycles. The average Bonchev–Trinajstić information content (AvgIpc) is 4.10. The van der Waals surface area contributed by atoms with Crippen LogP contribution in [0.4, 0.5) is 14.0 Å². The molecule has 2 aromatic carbocycles. The minimum Gasteiger partial charge on any atom is -0.464 e. The van der Waals surface area contributed by atoms with Gasteiger partial charge in [-0.2, -0.15) is 0 Å². The number of hydrogen-bond acceptors (Lipinski definition) is 11. The van der Waals surface area contributed by atoms with Crippen molar-refractivity contribution in [3.05, 3.63) is 88.1 Å². The molecule has 4 amide bonds. The number of amides is 4. The van der Waals surface area contributed by atoms with Crippen LogP contribution in [-0.2, 0) is 30.2 Å². The number of benzene rings is 2. The molecule has 8 heterocycles. The first-order valence-electron chi connectivity index (χ1n) is 24.3. The Balaban J connectivity index is 0.895. The fourth-order valence-corrected chi connectivity index (χ4v) is 12.0. The van der Waals surface area contributed by atoms with E-state index in [1.807, 2.05) is 36.1 Å². The van der Waals surface area contributed by atoms with Crippen LogP contribution >= 0.6 is 11.3 Å². The summed E-state index contributed by atoms with van der Waals surface area (Å²) in [6, 6.07) is 14.4. The Morgan fingerprint density at radius 2 is 1.60 bits per heavy atom. The molecule has 0 radical (unpaired) electrons. The van der Waals surface area contributed by atoms with Gasteiger partial charge in [-0.1, -0.05) is 6.07 Å². The van der Waals surface area contributed by atoms with Crippen molar-refractivity contribution >= 4 is 46.2 Å². The number of ether oxygens (including phenoxy) is 4. The van der Waals surface area contributed by atoms with Crippen LogP contribution < -0.4 is 15.4 Å². The number of rotatable bonds is 12. The molecule has 4 aromatic heterocycles. The van der Waals surface area contributed by atoms with Crippen molar-refractivity contribution in [3.8, 4) is 39.5 Å². The zero-order valence-corrected chi connectivity index (χ0v) is 40.1. The maximum atomic E-state index is 16.9. The van der Waals surface area contributed by atoms with E-state index in [1.165, 1.54) is 38.0 Å². The summed E-state index contributed by atoms with van der Waals surface area (Å²) in [5.41, 5.74) is 4.70. The first kappa shape index (κ1) is 45.7. The van der Waals surface area contributed by atoms with Gasteiger partial charge in [0.25, 0.3) is 0 Å². The zero-order valence-electron chi connectivity index (χ0n) is 39.3. The number of aromatic nitrogens is 5. The van der Waals surface area contributed by atoms with Crippen molar-refractivity contribution in [2.75, 3.05) is 40.5 Å². The standard InChI is InChI=1S/C51H56FN9O8S/c1-27-18-30(14-17-68-27)45(58-51(65)67-3)48(63)60-16-5-7-39(60)47-53-24-35(56-47)29-10-12-37-32(20-29)22-40-44-34(52)21-31(23-41(44)69-49(61(37)40)42-13-11-33(70-42)19-28-8-9-28)36-25-54-46(57-36)38-6-4-15-59(38)43(62)26-55-50(64)66-2/h10-13,20-25,27-28,30,38-39,45,49H,4-9,14-19,26H2,1-3H3,(H,53,56)(H,54,57)(H,55,64)(H,58,65). The number of halogens is 1. The van der Waals surface area contributed by atoms with Gasteiger partial charge in [-0.25, -0.2) is 23.9 Å². The van der Waals surface area contributed by atoms with E-state index >= 15 is 4.39 Å². The molecule has 4 N–H and O–H groups in total. The summed E-state index contributed by atoms with van der Waals surface area (Å²) in [6.07, 6.45) is 9.32. The van der Waals surface area contributed by atoms with Crippen LogP contribution in [0.5, 0.6) is 5.75 Å². The molecule has 19 heteroatoms. The first-order valence-corrected chi connectivity index (χ1v) is 25.1. The van der Waals surface area contributed by atoms with Crippen LogP contribution in [0.1, 0.15) is 98.0 Å². The lowest BCUT2D eigenvalue weighted by Crippen LogP contribution is -2.53. The molecule has 6 atom stereocenters. The molecule has 5 aliphatic rings. The van der Waals surface area contributed by atoms with Crippen molar-refractivity contribution in [3.63, 3.8) is 0 Å². The maximum absolute atomic E-state index is 16.9. The molecule has 0 spiro atoms. The van der Waals surface area contributed by atoms with E-state index in [0.29, 0.717) is 84.8 Å². The van der Waals surface area contributed by atoms with Gasteiger partial charge in [0.1, 0.15) is 35.8 Å². The van der Waals surface area contributed by atoms with Crippen molar-refractivity contribution in [1.82, 2.24) is 44.9 Å². The van der Waals surface area contributed by atoms with E-state index < -0.39 is 30.3 Å². The summed E-state index contributed by atoms with van der Waals surface area (Å²) in [4.78, 5) is 73.8. The minimum absolute atomic E-state index is 0.0250. The van der Waals surface area contributed by atoms with Crippen molar-refractivity contribution in [1.29, 1.82) is 0 Å². The lowest BCUT2D eigenvalue weighted by atomic mass is 9.88. The van der Waals surface area contributed by atoms with Crippen molar-refractivity contribution in [2.45, 2.75) is 95.2 Å². The van der Waals surface area contributed by atoms with Crippen LogP contribution in [-0.4, -0.2) is 111 Å². The second kappa shape index (κ2) is 18.9. The maximum Gasteiger partial charge on any atom is 0.407 e. The van der Waals surface area contributed by atoms with Gasteiger partial charge < -0.3 is 49.3 Å². The van der Waals surface area contributed by atoms with E-state index in [0.717, 1.165) is 52.7 Å². The largest absolute Gasteiger partial charge is 0.464 e. The lowest BCUT2D eigenvalue weighted by molar-refractivity contribution is -0.137. The highest BCUT2D eigenvalue weighted by Crippen LogP contribution is 2.49. The summed E-state index contributed by atoms with van der Waals surface area (Å²) >= 11 is 1.73. The normalized spacial score (nSPS) is 22.3. The van der Waals surface area contributed by atoms with Crippen LogP contribution in [0, 0.1) is 17.7 Å². The third kappa shape index (κ3) is 8.77. The summed E-state index contributed by atoms with van der Waals surface area (Å²) in [6.45, 7) is 3.37. The molecule has 11 rings (SSSR count). The summed E-state index contributed by atoms with van der Waals surface area (Å²) < 4.78 is 41.2. The fourth-order valence-electron chi connectivity index (χ4n) is 10.9. The van der Waals surface area contributed by atoms with Gasteiger partial charge in [-0.15, -0.1) is 11.3 Å². The van der Waals surface area contributed by atoms with Gasteiger partial charge in [0, 0.05) is 41.1 Å².